The van der Waals surface area contributed by atoms with Gasteiger partial charge in [0.1, 0.15) is 5.78 Å². The molecule has 3 unspecified atom stereocenters. The topological polar surface area (TPSA) is 51.2 Å². The Hall–Kier alpha value is -1.77. The maximum absolute atomic E-state index is 12.7. The molecule has 1 aliphatic carbocycles. The lowest BCUT2D eigenvalue weighted by Gasteiger charge is -2.15. The third-order valence-electron chi connectivity index (χ3n) is 4.57. The van der Waals surface area contributed by atoms with Gasteiger partial charge in [0, 0.05) is 24.2 Å². The summed E-state index contributed by atoms with van der Waals surface area (Å²) >= 11 is 0. The lowest BCUT2D eigenvalue weighted by molar-refractivity contribution is -0.128. The molecule has 0 amide bonds. The second-order valence-electron chi connectivity index (χ2n) is 7.22. The molecule has 0 heterocycles. The van der Waals surface area contributed by atoms with Gasteiger partial charge in [-0.15, -0.1) is 0 Å². The molecule has 3 heteroatoms. The van der Waals surface area contributed by atoms with Crippen LogP contribution in [0.3, 0.4) is 0 Å². The SMILES string of the molecule is CCC(C)C(=O)C1=CC(C(=O)CC=C(C)C)C(CC=C(C)C)C1=O. The van der Waals surface area contributed by atoms with Crippen molar-refractivity contribution in [3.63, 3.8) is 0 Å². The fourth-order valence-corrected chi connectivity index (χ4v) is 2.77. The number of carbonyl (C=O) groups is 3. The fraction of sp³-hybridized carbons (Fsp3) is 0.571. The van der Waals surface area contributed by atoms with Crippen molar-refractivity contribution in [2.75, 3.05) is 0 Å². The van der Waals surface area contributed by atoms with Crippen LogP contribution >= 0.6 is 0 Å². The fourth-order valence-electron chi connectivity index (χ4n) is 2.77. The van der Waals surface area contributed by atoms with Gasteiger partial charge in [-0.25, -0.2) is 0 Å². The van der Waals surface area contributed by atoms with E-state index in [1.54, 1.807) is 6.08 Å². The number of Topliss-reactive ketones (excluding diaryl/α,β-unsaturated/α-hetero) is 3. The molecule has 1 rings (SSSR count). The predicted molar refractivity (Wildman–Crippen MR) is 97.6 cm³/mol. The zero-order valence-electron chi connectivity index (χ0n) is 15.8. The molecule has 0 saturated heterocycles. The molecule has 0 fully saturated rings. The number of allylic oxidation sites excluding steroid dienone is 6. The van der Waals surface area contributed by atoms with Crippen LogP contribution in [0.2, 0.25) is 0 Å². The Kier molecular flexibility index (Phi) is 7.53. The van der Waals surface area contributed by atoms with Crippen LogP contribution in [0.25, 0.3) is 0 Å². The molecule has 0 N–H and O–H groups in total. The van der Waals surface area contributed by atoms with Crippen LogP contribution in [0, 0.1) is 17.8 Å². The first-order valence-electron chi connectivity index (χ1n) is 8.78. The third kappa shape index (κ3) is 5.12. The Morgan fingerprint density at radius 2 is 1.71 bits per heavy atom. The van der Waals surface area contributed by atoms with Crippen molar-refractivity contribution in [1.29, 1.82) is 0 Å². The molecule has 0 radical (unpaired) electrons. The van der Waals surface area contributed by atoms with Crippen LogP contribution in [0.15, 0.2) is 34.9 Å². The minimum Gasteiger partial charge on any atom is -0.299 e. The van der Waals surface area contributed by atoms with E-state index in [-0.39, 0.29) is 28.8 Å². The Morgan fingerprint density at radius 3 is 2.21 bits per heavy atom. The van der Waals surface area contributed by atoms with Crippen LogP contribution in [0.4, 0.5) is 0 Å². The Bertz CT molecular complexity index is 597. The maximum Gasteiger partial charge on any atom is 0.170 e. The van der Waals surface area contributed by atoms with E-state index in [1.165, 1.54) is 0 Å². The van der Waals surface area contributed by atoms with Crippen molar-refractivity contribution in [2.24, 2.45) is 17.8 Å². The standard InChI is InChI=1S/C21H30O3/c1-7-15(6)20(23)18-12-17(19(22)11-9-14(4)5)16(21(18)24)10-8-13(2)3/h8-9,12,15-17H,7,10-11H2,1-6H3. The van der Waals surface area contributed by atoms with Gasteiger partial charge in [-0.2, -0.15) is 0 Å². The summed E-state index contributed by atoms with van der Waals surface area (Å²) in [5.74, 6) is -1.36. The summed E-state index contributed by atoms with van der Waals surface area (Å²) in [4.78, 5) is 37.8. The van der Waals surface area contributed by atoms with E-state index in [4.69, 9.17) is 0 Å². The quantitative estimate of drug-likeness (QED) is 0.482. The molecular weight excluding hydrogens is 300 g/mol. The van der Waals surface area contributed by atoms with E-state index in [9.17, 15) is 14.4 Å². The highest BCUT2D eigenvalue weighted by Crippen LogP contribution is 2.34. The third-order valence-corrected chi connectivity index (χ3v) is 4.57. The average Bonchev–Trinajstić information content (AvgIpc) is 2.85. The van der Waals surface area contributed by atoms with Gasteiger partial charge in [0.05, 0.1) is 5.57 Å². The summed E-state index contributed by atoms with van der Waals surface area (Å²) in [5, 5.41) is 0. The van der Waals surface area contributed by atoms with Crippen molar-refractivity contribution in [1.82, 2.24) is 0 Å². The van der Waals surface area contributed by atoms with Crippen LogP contribution < -0.4 is 0 Å². The highest BCUT2D eigenvalue weighted by Gasteiger charge is 2.41. The van der Waals surface area contributed by atoms with E-state index in [0.29, 0.717) is 19.3 Å². The summed E-state index contributed by atoms with van der Waals surface area (Å²) < 4.78 is 0. The molecule has 24 heavy (non-hydrogen) atoms. The lowest BCUT2D eigenvalue weighted by Crippen LogP contribution is -2.25. The molecule has 3 nitrogen and oxygen atoms in total. The molecule has 0 aromatic heterocycles. The average molecular weight is 330 g/mol. The maximum atomic E-state index is 12.7. The molecule has 132 valence electrons. The second kappa shape index (κ2) is 8.91. The molecule has 3 atom stereocenters. The molecule has 0 aromatic carbocycles. The van der Waals surface area contributed by atoms with E-state index in [2.05, 4.69) is 0 Å². The zero-order valence-corrected chi connectivity index (χ0v) is 15.8. The summed E-state index contributed by atoms with van der Waals surface area (Å²) in [6.07, 6.45) is 7.02. The summed E-state index contributed by atoms with van der Waals surface area (Å²) in [6, 6.07) is 0. The first kappa shape index (κ1) is 20.3. The van der Waals surface area contributed by atoms with Gasteiger partial charge in [0.25, 0.3) is 0 Å². The summed E-state index contributed by atoms with van der Waals surface area (Å²) in [6.45, 7) is 11.6. The minimum absolute atomic E-state index is 0.0173. The molecule has 0 spiro atoms. The summed E-state index contributed by atoms with van der Waals surface area (Å²) in [7, 11) is 0. The Labute approximate surface area is 145 Å². The van der Waals surface area contributed by atoms with Gasteiger partial charge in [-0.05, 0) is 40.5 Å². The van der Waals surface area contributed by atoms with Crippen LogP contribution in [-0.2, 0) is 14.4 Å². The van der Waals surface area contributed by atoms with Crippen molar-refractivity contribution in [3.05, 3.63) is 34.9 Å². The molecule has 0 aliphatic heterocycles. The van der Waals surface area contributed by atoms with Crippen LogP contribution in [0.5, 0.6) is 0 Å². The number of rotatable bonds is 8. The van der Waals surface area contributed by atoms with Gasteiger partial charge in [-0.1, -0.05) is 43.2 Å². The molecule has 0 bridgehead atoms. The summed E-state index contributed by atoms with van der Waals surface area (Å²) in [5.41, 5.74) is 2.43. The molecule has 1 aliphatic rings. The minimum atomic E-state index is -0.480. The van der Waals surface area contributed by atoms with Crippen LogP contribution in [0.1, 0.15) is 60.8 Å². The van der Waals surface area contributed by atoms with Gasteiger partial charge >= 0.3 is 0 Å². The van der Waals surface area contributed by atoms with E-state index >= 15 is 0 Å². The van der Waals surface area contributed by atoms with Gasteiger partial charge < -0.3 is 0 Å². The first-order valence-corrected chi connectivity index (χ1v) is 8.78. The van der Waals surface area contributed by atoms with Gasteiger partial charge in [0.2, 0.25) is 0 Å². The highest BCUT2D eigenvalue weighted by atomic mass is 16.2. The largest absolute Gasteiger partial charge is 0.299 e. The highest BCUT2D eigenvalue weighted by molar-refractivity contribution is 6.24. The number of carbonyl (C=O) groups excluding carboxylic acids is 3. The van der Waals surface area contributed by atoms with E-state index in [1.807, 2.05) is 53.7 Å². The van der Waals surface area contributed by atoms with E-state index in [0.717, 1.165) is 11.1 Å². The van der Waals surface area contributed by atoms with Crippen molar-refractivity contribution < 1.29 is 14.4 Å². The van der Waals surface area contributed by atoms with Gasteiger partial charge in [0.15, 0.2) is 11.6 Å². The Morgan fingerprint density at radius 1 is 1.12 bits per heavy atom. The first-order chi connectivity index (χ1) is 11.2. The number of hydrogen-bond donors (Lipinski definition) is 0. The van der Waals surface area contributed by atoms with Crippen molar-refractivity contribution >= 4 is 17.3 Å². The lowest BCUT2D eigenvalue weighted by atomic mass is 9.85. The molecule has 0 saturated carbocycles. The van der Waals surface area contributed by atoms with Crippen LogP contribution in [-0.4, -0.2) is 17.3 Å². The Balaban J connectivity index is 3.11. The smallest absolute Gasteiger partial charge is 0.170 e. The molecular formula is C21H30O3. The van der Waals surface area contributed by atoms with Crippen molar-refractivity contribution in [3.8, 4) is 0 Å². The van der Waals surface area contributed by atoms with Crippen molar-refractivity contribution in [2.45, 2.75) is 60.8 Å². The molecule has 0 aromatic rings. The monoisotopic (exact) mass is 330 g/mol. The normalized spacial score (nSPS) is 21.1. The number of ketones is 3. The van der Waals surface area contributed by atoms with Gasteiger partial charge in [-0.3, -0.25) is 14.4 Å². The van der Waals surface area contributed by atoms with E-state index < -0.39 is 11.8 Å². The number of hydrogen-bond acceptors (Lipinski definition) is 3. The predicted octanol–water partition coefficient (Wildman–Crippen LogP) is 4.62. The zero-order chi connectivity index (χ0) is 18.4. The second-order valence-corrected chi connectivity index (χ2v) is 7.22.